The number of aliphatic imine (C=N–C) groups is 1. The first-order chi connectivity index (χ1) is 12.5. The lowest BCUT2D eigenvalue weighted by molar-refractivity contribution is -0.134. The van der Waals surface area contributed by atoms with Crippen LogP contribution < -0.4 is 11.5 Å². The molecule has 0 aliphatic carbocycles. The van der Waals surface area contributed by atoms with Crippen molar-refractivity contribution in [2.24, 2.45) is 16.5 Å². The summed E-state index contributed by atoms with van der Waals surface area (Å²) in [6.45, 7) is 2.96. The van der Waals surface area contributed by atoms with Crippen molar-refractivity contribution in [2.45, 2.75) is 37.6 Å². The number of hydrogen-bond donors (Lipinski definition) is 2. The van der Waals surface area contributed by atoms with Crippen LogP contribution in [0, 0.1) is 0 Å². The summed E-state index contributed by atoms with van der Waals surface area (Å²) in [5, 5.41) is 0. The number of guanidine groups is 1. The van der Waals surface area contributed by atoms with Gasteiger partial charge < -0.3 is 16.4 Å². The quantitative estimate of drug-likeness (QED) is 0.619. The van der Waals surface area contributed by atoms with E-state index < -0.39 is 5.54 Å². The molecule has 7 heteroatoms. The minimum absolute atomic E-state index is 0.204. The minimum atomic E-state index is -0.597. The summed E-state index contributed by atoms with van der Waals surface area (Å²) in [6.07, 6.45) is 4.64. The van der Waals surface area contributed by atoms with Gasteiger partial charge in [-0.25, -0.2) is 0 Å². The number of carbonyl (C=O) groups is 2. The number of rotatable bonds is 3. The van der Waals surface area contributed by atoms with E-state index in [1.807, 2.05) is 11.0 Å². The molecule has 0 radical (unpaired) electrons. The standard InChI is InChI=1S/C19H27N5O2/c20-17(26)19(24-11-5-2-6-12-24)9-13-23(14-10-19)18(21)22-16(25)15-7-3-1-4-8-15/h1,3-4,7-8H,2,5-6,9-14H2,(H2,20,26)(H2,21,22,25). The maximum Gasteiger partial charge on any atom is 0.280 e. The van der Waals surface area contributed by atoms with Gasteiger partial charge in [-0.05, 0) is 50.9 Å². The molecule has 2 saturated heterocycles. The summed E-state index contributed by atoms with van der Waals surface area (Å²) in [7, 11) is 0. The predicted molar refractivity (Wildman–Crippen MR) is 101 cm³/mol. The number of carbonyl (C=O) groups excluding carboxylic acids is 2. The Hall–Kier alpha value is -2.41. The Morgan fingerprint density at radius 2 is 1.54 bits per heavy atom. The SMILES string of the molecule is NC(=O)C1(N2CCCCC2)CCN(C(N)=NC(=O)c2ccccc2)CC1. The molecular formula is C19H27N5O2. The molecule has 140 valence electrons. The highest BCUT2D eigenvalue weighted by atomic mass is 16.2. The summed E-state index contributed by atoms with van der Waals surface area (Å²) in [4.78, 5) is 32.6. The van der Waals surface area contributed by atoms with Gasteiger partial charge in [-0.2, -0.15) is 4.99 Å². The van der Waals surface area contributed by atoms with E-state index in [-0.39, 0.29) is 17.8 Å². The number of amides is 2. The average Bonchev–Trinajstić information content (AvgIpc) is 2.69. The molecule has 3 rings (SSSR count). The van der Waals surface area contributed by atoms with Crippen LogP contribution in [0.3, 0.4) is 0 Å². The van der Waals surface area contributed by atoms with Gasteiger partial charge in [0.2, 0.25) is 5.91 Å². The van der Waals surface area contributed by atoms with Crippen LogP contribution >= 0.6 is 0 Å². The van der Waals surface area contributed by atoms with Crippen LogP contribution in [0.5, 0.6) is 0 Å². The molecule has 2 aliphatic heterocycles. The molecule has 2 heterocycles. The normalized spacial score (nSPS) is 21.4. The predicted octanol–water partition coefficient (Wildman–Crippen LogP) is 0.947. The summed E-state index contributed by atoms with van der Waals surface area (Å²) in [5.41, 5.74) is 11.8. The summed E-state index contributed by atoms with van der Waals surface area (Å²) < 4.78 is 0. The van der Waals surface area contributed by atoms with Crippen LogP contribution in [0.4, 0.5) is 0 Å². The fourth-order valence-electron chi connectivity index (χ4n) is 3.97. The molecule has 0 bridgehead atoms. The highest BCUT2D eigenvalue weighted by Gasteiger charge is 2.45. The molecule has 7 nitrogen and oxygen atoms in total. The molecule has 0 unspecified atom stereocenters. The van der Waals surface area contributed by atoms with E-state index in [9.17, 15) is 9.59 Å². The molecular weight excluding hydrogens is 330 g/mol. The third-order valence-corrected chi connectivity index (χ3v) is 5.57. The average molecular weight is 357 g/mol. The van der Waals surface area contributed by atoms with Gasteiger partial charge in [0.25, 0.3) is 5.91 Å². The van der Waals surface area contributed by atoms with Crippen LogP contribution in [0.1, 0.15) is 42.5 Å². The maximum atomic E-state index is 12.3. The molecule has 4 N–H and O–H groups in total. The molecule has 26 heavy (non-hydrogen) atoms. The summed E-state index contributed by atoms with van der Waals surface area (Å²) >= 11 is 0. The van der Waals surface area contributed by atoms with E-state index in [4.69, 9.17) is 11.5 Å². The maximum absolute atomic E-state index is 12.3. The molecule has 2 aliphatic rings. The minimum Gasteiger partial charge on any atom is -0.369 e. The van der Waals surface area contributed by atoms with E-state index in [1.54, 1.807) is 24.3 Å². The zero-order valence-corrected chi connectivity index (χ0v) is 15.1. The first kappa shape index (κ1) is 18.4. The van der Waals surface area contributed by atoms with Crippen molar-refractivity contribution in [3.05, 3.63) is 35.9 Å². The van der Waals surface area contributed by atoms with E-state index in [1.165, 1.54) is 6.42 Å². The molecule has 0 atom stereocenters. The number of nitrogens with two attached hydrogens (primary N) is 2. The molecule has 1 aromatic rings. The molecule has 0 saturated carbocycles. The van der Waals surface area contributed by atoms with Gasteiger partial charge in [-0.15, -0.1) is 0 Å². The Morgan fingerprint density at radius 1 is 0.923 bits per heavy atom. The van der Waals surface area contributed by atoms with Crippen molar-refractivity contribution in [2.75, 3.05) is 26.2 Å². The smallest absolute Gasteiger partial charge is 0.280 e. The van der Waals surface area contributed by atoms with Crippen molar-refractivity contribution in [1.82, 2.24) is 9.80 Å². The van der Waals surface area contributed by atoms with Crippen LogP contribution in [-0.4, -0.2) is 59.3 Å². The highest BCUT2D eigenvalue weighted by molar-refractivity contribution is 6.02. The Labute approximate surface area is 154 Å². The third kappa shape index (κ3) is 3.72. The van der Waals surface area contributed by atoms with Crippen molar-refractivity contribution in [3.8, 4) is 0 Å². The topological polar surface area (TPSA) is 105 Å². The fourth-order valence-corrected chi connectivity index (χ4v) is 3.97. The lowest BCUT2D eigenvalue weighted by Crippen LogP contribution is -2.64. The zero-order valence-electron chi connectivity index (χ0n) is 15.1. The van der Waals surface area contributed by atoms with Crippen molar-refractivity contribution in [1.29, 1.82) is 0 Å². The van der Waals surface area contributed by atoms with Gasteiger partial charge >= 0.3 is 0 Å². The van der Waals surface area contributed by atoms with Crippen molar-refractivity contribution < 1.29 is 9.59 Å². The van der Waals surface area contributed by atoms with Crippen LogP contribution in [0.25, 0.3) is 0 Å². The van der Waals surface area contributed by atoms with Gasteiger partial charge in [-0.3, -0.25) is 14.5 Å². The van der Waals surface area contributed by atoms with Gasteiger partial charge in [0.1, 0.15) is 5.54 Å². The second kappa shape index (κ2) is 7.86. The zero-order chi connectivity index (χ0) is 18.6. The summed E-state index contributed by atoms with van der Waals surface area (Å²) in [6, 6.07) is 8.85. The second-order valence-electron chi connectivity index (χ2n) is 7.07. The lowest BCUT2D eigenvalue weighted by atomic mass is 9.83. The lowest BCUT2D eigenvalue weighted by Gasteiger charge is -2.48. The van der Waals surface area contributed by atoms with Gasteiger partial charge in [-0.1, -0.05) is 24.6 Å². The number of benzene rings is 1. The van der Waals surface area contributed by atoms with E-state index in [0.717, 1.165) is 25.9 Å². The summed E-state index contributed by atoms with van der Waals surface area (Å²) in [5.74, 6) is -0.406. The molecule has 2 fully saturated rings. The van der Waals surface area contributed by atoms with E-state index >= 15 is 0 Å². The van der Waals surface area contributed by atoms with Crippen molar-refractivity contribution in [3.63, 3.8) is 0 Å². The van der Waals surface area contributed by atoms with Gasteiger partial charge in [0.05, 0.1) is 0 Å². The van der Waals surface area contributed by atoms with Gasteiger partial charge in [0, 0.05) is 18.7 Å². The van der Waals surface area contributed by atoms with Crippen LogP contribution in [0.15, 0.2) is 35.3 Å². The van der Waals surface area contributed by atoms with Crippen LogP contribution in [-0.2, 0) is 4.79 Å². The number of piperidine rings is 2. The highest BCUT2D eigenvalue weighted by Crippen LogP contribution is 2.31. The Bertz CT molecular complexity index is 674. The number of likely N-dealkylation sites (tertiary alicyclic amines) is 2. The first-order valence-corrected chi connectivity index (χ1v) is 9.26. The monoisotopic (exact) mass is 357 g/mol. The third-order valence-electron chi connectivity index (χ3n) is 5.57. The first-order valence-electron chi connectivity index (χ1n) is 9.26. The van der Waals surface area contributed by atoms with Crippen molar-refractivity contribution >= 4 is 17.8 Å². The Balaban J connectivity index is 1.67. The molecule has 1 aromatic carbocycles. The Morgan fingerprint density at radius 3 is 2.12 bits per heavy atom. The Kier molecular flexibility index (Phi) is 5.56. The molecule has 0 spiro atoms. The molecule has 0 aromatic heterocycles. The van der Waals surface area contributed by atoms with Crippen LogP contribution in [0.2, 0.25) is 0 Å². The number of hydrogen-bond acceptors (Lipinski definition) is 3. The van der Waals surface area contributed by atoms with E-state index in [0.29, 0.717) is 31.5 Å². The number of nitrogens with zero attached hydrogens (tertiary/aromatic N) is 3. The molecule has 2 amide bonds. The van der Waals surface area contributed by atoms with Gasteiger partial charge in [0.15, 0.2) is 5.96 Å². The second-order valence-corrected chi connectivity index (χ2v) is 7.07. The number of primary amides is 1. The van der Waals surface area contributed by atoms with E-state index in [2.05, 4.69) is 9.89 Å². The fraction of sp³-hybridized carbons (Fsp3) is 0.526. The largest absolute Gasteiger partial charge is 0.369 e.